The van der Waals surface area contributed by atoms with E-state index in [9.17, 15) is 8.78 Å². The summed E-state index contributed by atoms with van der Waals surface area (Å²) in [7, 11) is 0. The van der Waals surface area contributed by atoms with Crippen molar-refractivity contribution < 1.29 is 8.78 Å². The zero-order chi connectivity index (χ0) is 14.7. The number of hydrogen-bond donors (Lipinski definition) is 1. The van der Waals surface area contributed by atoms with Crippen molar-refractivity contribution in [3.63, 3.8) is 0 Å². The summed E-state index contributed by atoms with van der Waals surface area (Å²) in [5.41, 5.74) is 1.99. The molecule has 21 heavy (non-hydrogen) atoms. The number of hydrogen-bond acceptors (Lipinski definition) is 3. The van der Waals surface area contributed by atoms with E-state index in [2.05, 4.69) is 27.0 Å². The molecule has 3 rings (SSSR count). The van der Waals surface area contributed by atoms with E-state index in [1.54, 1.807) is 17.4 Å². The van der Waals surface area contributed by atoms with Gasteiger partial charge in [0.05, 0.1) is 0 Å². The molecule has 1 aromatic carbocycles. The van der Waals surface area contributed by atoms with Crippen LogP contribution >= 0.6 is 11.3 Å². The summed E-state index contributed by atoms with van der Waals surface area (Å²) in [4.78, 5) is 2.41. The molecule has 1 N–H and O–H groups in total. The Bertz CT molecular complexity index is 586. The predicted molar refractivity (Wildman–Crippen MR) is 82.6 cm³/mol. The molecule has 112 valence electrons. The summed E-state index contributed by atoms with van der Waals surface area (Å²) < 4.78 is 26.2. The highest BCUT2D eigenvalue weighted by atomic mass is 32.1. The number of anilines is 1. The van der Waals surface area contributed by atoms with Crippen LogP contribution in [0.5, 0.6) is 0 Å². The fraction of sp³-hybridized carbons (Fsp3) is 0.375. The molecule has 0 spiro atoms. The van der Waals surface area contributed by atoms with Crippen molar-refractivity contribution in [1.29, 1.82) is 0 Å². The number of piperidine rings is 1. The van der Waals surface area contributed by atoms with E-state index in [-0.39, 0.29) is 6.04 Å². The molecule has 1 aromatic heterocycles. The van der Waals surface area contributed by atoms with Gasteiger partial charge in [-0.25, -0.2) is 8.78 Å². The predicted octanol–water partition coefficient (Wildman–Crippen LogP) is 4.10. The minimum Gasteiger partial charge on any atom is -0.381 e. The Morgan fingerprint density at radius 2 is 2.14 bits per heavy atom. The highest BCUT2D eigenvalue weighted by molar-refractivity contribution is 7.07. The van der Waals surface area contributed by atoms with Gasteiger partial charge in [-0.2, -0.15) is 11.3 Å². The van der Waals surface area contributed by atoms with Gasteiger partial charge in [0.15, 0.2) is 11.6 Å². The Hall–Kier alpha value is -1.46. The molecular formula is C16H18F2N2S. The van der Waals surface area contributed by atoms with Crippen LogP contribution in [0.15, 0.2) is 35.0 Å². The first-order valence-corrected chi connectivity index (χ1v) is 8.10. The minimum atomic E-state index is -0.803. The average molecular weight is 308 g/mol. The Morgan fingerprint density at radius 1 is 1.24 bits per heavy atom. The van der Waals surface area contributed by atoms with E-state index < -0.39 is 11.6 Å². The molecule has 0 aliphatic carbocycles. The first-order chi connectivity index (χ1) is 10.2. The Kier molecular flexibility index (Phi) is 4.51. The quantitative estimate of drug-likeness (QED) is 0.914. The lowest BCUT2D eigenvalue weighted by Crippen LogP contribution is -2.41. The maximum atomic E-state index is 13.2. The molecule has 0 saturated carbocycles. The molecule has 2 nitrogen and oxygen atoms in total. The van der Waals surface area contributed by atoms with Crippen LogP contribution in [0.1, 0.15) is 18.4 Å². The second kappa shape index (κ2) is 6.54. The van der Waals surface area contributed by atoms with E-state index >= 15 is 0 Å². The van der Waals surface area contributed by atoms with Crippen LogP contribution in [0.25, 0.3) is 0 Å². The molecule has 1 fully saturated rings. The number of rotatable bonds is 4. The number of likely N-dealkylation sites (tertiary alicyclic amines) is 1. The summed E-state index contributed by atoms with van der Waals surface area (Å²) in [5.74, 6) is -1.60. The zero-order valence-corrected chi connectivity index (χ0v) is 12.5. The van der Waals surface area contributed by atoms with E-state index in [0.717, 1.165) is 32.5 Å². The second-order valence-electron chi connectivity index (χ2n) is 5.48. The molecule has 1 unspecified atom stereocenters. The second-order valence-corrected chi connectivity index (χ2v) is 6.26. The smallest absolute Gasteiger partial charge is 0.160 e. The van der Waals surface area contributed by atoms with Gasteiger partial charge in [0, 0.05) is 30.9 Å². The van der Waals surface area contributed by atoms with Crippen LogP contribution in [-0.4, -0.2) is 24.0 Å². The lowest BCUT2D eigenvalue weighted by molar-refractivity contribution is 0.209. The van der Waals surface area contributed by atoms with Crippen molar-refractivity contribution >= 4 is 17.0 Å². The summed E-state index contributed by atoms with van der Waals surface area (Å²) in [5, 5.41) is 7.58. The van der Waals surface area contributed by atoms with Crippen molar-refractivity contribution in [2.24, 2.45) is 0 Å². The topological polar surface area (TPSA) is 15.3 Å². The maximum absolute atomic E-state index is 13.2. The molecule has 0 bridgehead atoms. The SMILES string of the molecule is Fc1ccc(NC2CCCN(Cc3ccsc3)C2)cc1F. The number of halogens is 2. The molecule has 1 aliphatic heterocycles. The van der Waals surface area contributed by atoms with Gasteiger partial charge in [0.2, 0.25) is 0 Å². The number of nitrogens with zero attached hydrogens (tertiary/aromatic N) is 1. The maximum Gasteiger partial charge on any atom is 0.160 e. The van der Waals surface area contributed by atoms with Gasteiger partial charge in [-0.3, -0.25) is 4.90 Å². The van der Waals surface area contributed by atoms with Gasteiger partial charge in [-0.15, -0.1) is 0 Å². The van der Waals surface area contributed by atoms with Gasteiger partial charge < -0.3 is 5.32 Å². The van der Waals surface area contributed by atoms with E-state index in [0.29, 0.717) is 5.69 Å². The fourth-order valence-corrected chi connectivity index (χ4v) is 3.44. The van der Waals surface area contributed by atoms with Gasteiger partial charge in [-0.05, 0) is 53.9 Å². The zero-order valence-electron chi connectivity index (χ0n) is 11.7. The average Bonchev–Trinajstić information content (AvgIpc) is 2.96. The molecule has 0 amide bonds. The van der Waals surface area contributed by atoms with Gasteiger partial charge >= 0.3 is 0 Å². The van der Waals surface area contributed by atoms with Crippen LogP contribution in [-0.2, 0) is 6.54 Å². The van der Waals surface area contributed by atoms with Crippen LogP contribution in [0.2, 0.25) is 0 Å². The molecule has 0 radical (unpaired) electrons. The summed E-state index contributed by atoms with van der Waals surface area (Å²) >= 11 is 1.72. The highest BCUT2D eigenvalue weighted by Gasteiger charge is 2.20. The lowest BCUT2D eigenvalue weighted by Gasteiger charge is -2.33. The van der Waals surface area contributed by atoms with Crippen LogP contribution in [0.3, 0.4) is 0 Å². The molecule has 5 heteroatoms. The van der Waals surface area contributed by atoms with Crippen LogP contribution in [0.4, 0.5) is 14.5 Å². The number of benzene rings is 1. The molecule has 1 aliphatic rings. The van der Waals surface area contributed by atoms with Gasteiger partial charge in [0.1, 0.15) is 0 Å². The van der Waals surface area contributed by atoms with Crippen molar-refractivity contribution in [3.05, 3.63) is 52.2 Å². The third kappa shape index (κ3) is 3.80. The Labute approximate surface area is 127 Å². The Balaban J connectivity index is 1.59. The third-order valence-electron chi connectivity index (χ3n) is 3.78. The van der Waals surface area contributed by atoms with Crippen molar-refractivity contribution in [2.45, 2.75) is 25.4 Å². The van der Waals surface area contributed by atoms with Crippen LogP contribution < -0.4 is 5.32 Å². The van der Waals surface area contributed by atoms with E-state index in [1.807, 2.05) is 0 Å². The summed E-state index contributed by atoms with van der Waals surface area (Å²) in [6, 6.07) is 6.42. The van der Waals surface area contributed by atoms with E-state index in [1.165, 1.54) is 17.7 Å². The highest BCUT2D eigenvalue weighted by Crippen LogP contribution is 2.20. The molecular weight excluding hydrogens is 290 g/mol. The minimum absolute atomic E-state index is 0.280. The largest absolute Gasteiger partial charge is 0.381 e. The lowest BCUT2D eigenvalue weighted by atomic mass is 10.0. The van der Waals surface area contributed by atoms with Crippen molar-refractivity contribution in [1.82, 2.24) is 4.90 Å². The first-order valence-electron chi connectivity index (χ1n) is 7.16. The molecule has 1 saturated heterocycles. The van der Waals surface area contributed by atoms with Crippen molar-refractivity contribution in [3.8, 4) is 0 Å². The van der Waals surface area contributed by atoms with Gasteiger partial charge in [0.25, 0.3) is 0 Å². The molecule has 2 aromatic rings. The van der Waals surface area contributed by atoms with Crippen LogP contribution in [0, 0.1) is 11.6 Å². The Morgan fingerprint density at radius 3 is 2.90 bits per heavy atom. The monoisotopic (exact) mass is 308 g/mol. The number of nitrogens with one attached hydrogen (secondary N) is 1. The normalized spacial score (nSPS) is 19.6. The fourth-order valence-electron chi connectivity index (χ4n) is 2.78. The van der Waals surface area contributed by atoms with Crippen molar-refractivity contribution in [2.75, 3.05) is 18.4 Å². The molecule has 1 atom stereocenters. The standard InChI is InChI=1S/C16H18F2N2S/c17-15-4-3-13(8-16(15)18)19-14-2-1-6-20(10-14)9-12-5-7-21-11-12/h3-5,7-8,11,14,19H,1-2,6,9-10H2. The van der Waals surface area contributed by atoms with E-state index in [4.69, 9.17) is 0 Å². The molecule has 2 heterocycles. The summed E-state index contributed by atoms with van der Waals surface area (Å²) in [6.07, 6.45) is 2.17. The first kappa shape index (κ1) is 14.5. The van der Waals surface area contributed by atoms with Gasteiger partial charge in [-0.1, -0.05) is 0 Å². The number of thiophene rings is 1. The summed E-state index contributed by atoms with van der Waals surface area (Å²) in [6.45, 7) is 2.97. The third-order valence-corrected chi connectivity index (χ3v) is 4.51.